The van der Waals surface area contributed by atoms with Crippen LogP contribution in [0.15, 0.2) is 78.9 Å². The molecule has 2 heterocycles. The zero-order valence-corrected chi connectivity index (χ0v) is 21.6. The highest BCUT2D eigenvalue weighted by Gasteiger charge is 2.27. The molecule has 1 aromatic heterocycles. The van der Waals surface area contributed by atoms with Gasteiger partial charge in [-0.1, -0.05) is 66.7 Å². The van der Waals surface area contributed by atoms with E-state index in [1.165, 1.54) is 10.4 Å². The molecule has 1 aliphatic heterocycles. The summed E-state index contributed by atoms with van der Waals surface area (Å²) in [5, 5.41) is 31.5. The van der Waals surface area contributed by atoms with Crippen LogP contribution in [0.2, 0.25) is 0 Å². The molecule has 1 aliphatic rings. The Morgan fingerprint density at radius 1 is 0.923 bits per heavy atom. The number of phenolic OH excluding ortho intramolecular Hbond substituents is 1. The number of aromatic hydroxyl groups is 1. The maximum atomic E-state index is 10.6. The topological polar surface area (TPSA) is 117 Å². The molecule has 0 amide bonds. The van der Waals surface area contributed by atoms with E-state index in [4.69, 9.17) is 9.84 Å². The molecule has 0 saturated carbocycles. The molecular weight excluding hydrogens is 496 g/mol. The van der Waals surface area contributed by atoms with Gasteiger partial charge >= 0.3 is 5.97 Å². The van der Waals surface area contributed by atoms with E-state index >= 15 is 0 Å². The Kier molecular flexibility index (Phi) is 8.57. The number of phenols is 1. The van der Waals surface area contributed by atoms with Crippen molar-refractivity contribution in [1.82, 2.24) is 30.0 Å². The van der Waals surface area contributed by atoms with Crippen LogP contribution in [0.1, 0.15) is 22.7 Å². The van der Waals surface area contributed by atoms with Crippen LogP contribution < -0.4 is 0 Å². The van der Waals surface area contributed by atoms with E-state index in [0.29, 0.717) is 12.4 Å². The second-order valence-electron chi connectivity index (χ2n) is 9.57. The van der Waals surface area contributed by atoms with E-state index < -0.39 is 5.97 Å². The highest BCUT2D eigenvalue weighted by molar-refractivity contribution is 5.68. The average molecular weight is 529 g/mol. The Hall–Kier alpha value is -4.12. The van der Waals surface area contributed by atoms with E-state index in [0.717, 1.165) is 49.4 Å². The van der Waals surface area contributed by atoms with Crippen molar-refractivity contribution in [3.63, 3.8) is 0 Å². The molecule has 5 rings (SSSR count). The van der Waals surface area contributed by atoms with Crippen LogP contribution in [0.5, 0.6) is 5.75 Å². The van der Waals surface area contributed by atoms with Gasteiger partial charge in [0.15, 0.2) is 0 Å². The first-order chi connectivity index (χ1) is 19.0. The molecule has 0 radical (unpaired) electrons. The van der Waals surface area contributed by atoms with E-state index in [-0.39, 0.29) is 25.0 Å². The molecule has 4 aromatic rings. The molecule has 39 heavy (non-hydrogen) atoms. The van der Waals surface area contributed by atoms with Crippen molar-refractivity contribution in [2.24, 2.45) is 0 Å². The highest BCUT2D eigenvalue weighted by Crippen LogP contribution is 2.32. The summed E-state index contributed by atoms with van der Waals surface area (Å²) in [5.74, 6) is -0.270. The van der Waals surface area contributed by atoms with Gasteiger partial charge in [-0.25, -0.2) is 4.79 Å². The number of aromatic nitrogens is 4. The molecule has 3 aromatic carbocycles. The third-order valence-electron chi connectivity index (χ3n) is 6.81. The largest absolute Gasteiger partial charge is 0.508 e. The number of hydrogen-bond acceptors (Lipinski definition) is 8. The number of tetrazole rings is 1. The quantitative estimate of drug-likeness (QED) is 0.283. The Balaban J connectivity index is 1.28. The predicted molar refractivity (Wildman–Crippen MR) is 145 cm³/mol. The number of ether oxygens (including phenoxy) is 1. The fraction of sp³-hybridized carbons (Fsp3) is 0.310. The van der Waals surface area contributed by atoms with Crippen LogP contribution in [0.25, 0.3) is 11.4 Å². The molecule has 0 spiro atoms. The predicted octanol–water partition coefficient (Wildman–Crippen LogP) is 3.05. The lowest BCUT2D eigenvalue weighted by Gasteiger charge is -2.40. The smallest absolute Gasteiger partial charge is 0.329 e. The number of piperazine rings is 1. The molecule has 2 N–H and O–H groups in total. The molecule has 0 bridgehead atoms. The SMILES string of the molecule is O=C(O)COCCn1nnc(-c2ccc([C@H](c3cccc(O)c3)N3CCN(Cc4ccccc4)CC3)cc2)n1. The number of benzene rings is 3. The summed E-state index contributed by atoms with van der Waals surface area (Å²) in [6.07, 6.45) is 0. The molecule has 0 aliphatic carbocycles. The van der Waals surface area contributed by atoms with Crippen molar-refractivity contribution in [1.29, 1.82) is 0 Å². The summed E-state index contributed by atoms with van der Waals surface area (Å²) in [6, 6.07) is 26.2. The van der Waals surface area contributed by atoms with Gasteiger partial charge < -0.3 is 14.9 Å². The number of rotatable bonds is 11. The zero-order valence-electron chi connectivity index (χ0n) is 21.6. The first-order valence-corrected chi connectivity index (χ1v) is 13.0. The third-order valence-corrected chi connectivity index (χ3v) is 6.81. The number of carbonyl (C=O) groups is 1. The molecule has 0 unspecified atom stereocenters. The second kappa shape index (κ2) is 12.6. The van der Waals surface area contributed by atoms with E-state index in [1.54, 1.807) is 6.07 Å². The summed E-state index contributed by atoms with van der Waals surface area (Å²) < 4.78 is 5.05. The summed E-state index contributed by atoms with van der Waals surface area (Å²) in [7, 11) is 0. The minimum Gasteiger partial charge on any atom is -0.508 e. The normalized spacial score (nSPS) is 15.3. The van der Waals surface area contributed by atoms with Gasteiger partial charge in [0.1, 0.15) is 12.4 Å². The van der Waals surface area contributed by atoms with Crippen LogP contribution >= 0.6 is 0 Å². The molecule has 1 fully saturated rings. The first-order valence-electron chi connectivity index (χ1n) is 13.0. The van der Waals surface area contributed by atoms with Crippen LogP contribution in [0, 0.1) is 0 Å². The summed E-state index contributed by atoms with van der Waals surface area (Å²) in [6.45, 7) is 4.84. The van der Waals surface area contributed by atoms with E-state index in [9.17, 15) is 9.90 Å². The minimum atomic E-state index is -1.01. The molecule has 1 atom stereocenters. The fourth-order valence-corrected chi connectivity index (χ4v) is 4.90. The summed E-state index contributed by atoms with van der Waals surface area (Å²) in [5.41, 5.74) is 4.32. The maximum absolute atomic E-state index is 10.6. The van der Waals surface area contributed by atoms with Crippen LogP contribution in [-0.2, 0) is 22.6 Å². The Morgan fingerprint density at radius 2 is 1.69 bits per heavy atom. The molecule has 1 saturated heterocycles. The fourth-order valence-electron chi connectivity index (χ4n) is 4.90. The monoisotopic (exact) mass is 528 g/mol. The lowest BCUT2D eigenvalue weighted by molar-refractivity contribution is -0.142. The number of carboxylic acid groups (broad SMARTS) is 1. The third kappa shape index (κ3) is 7.05. The average Bonchev–Trinajstić information content (AvgIpc) is 3.42. The minimum absolute atomic E-state index is 0.0000471. The van der Waals surface area contributed by atoms with Crippen molar-refractivity contribution in [2.45, 2.75) is 19.1 Å². The summed E-state index contributed by atoms with van der Waals surface area (Å²) in [4.78, 5) is 16.9. The van der Waals surface area contributed by atoms with Gasteiger partial charge in [0, 0.05) is 38.3 Å². The van der Waals surface area contributed by atoms with Crippen molar-refractivity contribution in [2.75, 3.05) is 39.4 Å². The Bertz CT molecular complexity index is 1350. The van der Waals surface area contributed by atoms with Gasteiger partial charge in [-0.05, 0) is 34.0 Å². The van der Waals surface area contributed by atoms with Gasteiger partial charge in [0.2, 0.25) is 5.82 Å². The van der Waals surface area contributed by atoms with Gasteiger partial charge in [0.05, 0.1) is 19.2 Å². The zero-order chi connectivity index (χ0) is 27.0. The van der Waals surface area contributed by atoms with Crippen molar-refractivity contribution in [3.05, 3.63) is 95.6 Å². The lowest BCUT2D eigenvalue weighted by atomic mass is 9.95. The first kappa shape index (κ1) is 26.5. The molecule has 10 heteroatoms. The number of hydrogen-bond donors (Lipinski definition) is 2. The molecule has 10 nitrogen and oxygen atoms in total. The summed E-state index contributed by atoms with van der Waals surface area (Å²) >= 11 is 0. The van der Waals surface area contributed by atoms with Gasteiger partial charge in [-0.2, -0.15) is 4.80 Å². The van der Waals surface area contributed by atoms with Crippen molar-refractivity contribution in [3.8, 4) is 17.1 Å². The van der Waals surface area contributed by atoms with Gasteiger partial charge in [-0.15, -0.1) is 10.2 Å². The highest BCUT2D eigenvalue weighted by atomic mass is 16.5. The van der Waals surface area contributed by atoms with Crippen molar-refractivity contribution < 1.29 is 19.7 Å². The van der Waals surface area contributed by atoms with Crippen molar-refractivity contribution >= 4 is 5.97 Å². The van der Waals surface area contributed by atoms with Crippen LogP contribution in [0.4, 0.5) is 0 Å². The van der Waals surface area contributed by atoms with Gasteiger partial charge in [-0.3, -0.25) is 9.80 Å². The second-order valence-corrected chi connectivity index (χ2v) is 9.57. The Labute approximate surface area is 227 Å². The maximum Gasteiger partial charge on any atom is 0.329 e. The van der Waals surface area contributed by atoms with E-state index in [2.05, 4.69) is 67.7 Å². The standard InChI is InChI=1S/C29H32N6O4/c36-26-8-4-7-25(19-26)28(34-15-13-33(14-16-34)20-22-5-2-1-3-6-22)23-9-11-24(12-10-23)29-30-32-35(31-29)17-18-39-21-27(37)38/h1-12,19,28,36H,13-18,20-21H2,(H,37,38)/t28-/m1/s1. The lowest BCUT2D eigenvalue weighted by Crippen LogP contribution is -2.47. The Morgan fingerprint density at radius 3 is 2.41 bits per heavy atom. The van der Waals surface area contributed by atoms with Gasteiger partial charge in [0.25, 0.3) is 0 Å². The van der Waals surface area contributed by atoms with Crippen LogP contribution in [-0.4, -0.2) is 85.6 Å². The van der Waals surface area contributed by atoms with E-state index in [1.807, 2.05) is 30.3 Å². The molecule has 202 valence electrons. The molecular formula is C29H32N6O4. The number of carboxylic acids is 1. The number of nitrogens with zero attached hydrogens (tertiary/aromatic N) is 6. The number of aliphatic carboxylic acids is 1. The van der Waals surface area contributed by atoms with Crippen LogP contribution in [0.3, 0.4) is 0 Å².